The fourth-order valence-electron chi connectivity index (χ4n) is 3.95. The van der Waals surface area contributed by atoms with E-state index in [0.29, 0.717) is 23.7 Å². The minimum atomic E-state index is -3.26. The number of sulfone groups is 1. The molecule has 2 aromatic carbocycles. The molecule has 5 heteroatoms. The quantitative estimate of drug-likeness (QED) is 0.731. The van der Waals surface area contributed by atoms with Crippen LogP contribution in [0, 0.1) is 5.82 Å². The molecule has 0 spiro atoms. The summed E-state index contributed by atoms with van der Waals surface area (Å²) in [5.41, 5.74) is 1.97. The number of benzene rings is 2. The van der Waals surface area contributed by atoms with Crippen molar-refractivity contribution in [1.82, 2.24) is 4.98 Å². The van der Waals surface area contributed by atoms with Gasteiger partial charge in [-0.1, -0.05) is 18.2 Å². The van der Waals surface area contributed by atoms with E-state index in [1.54, 1.807) is 24.3 Å². The van der Waals surface area contributed by atoms with Crippen LogP contribution in [0.2, 0.25) is 0 Å². The molecule has 3 aromatic rings. The van der Waals surface area contributed by atoms with E-state index >= 15 is 0 Å². The molecule has 1 fully saturated rings. The fourth-order valence-corrected chi connectivity index (χ4v) is 5.76. The third-order valence-electron chi connectivity index (χ3n) is 5.30. The van der Waals surface area contributed by atoms with Gasteiger partial charge in [-0.3, -0.25) is 0 Å². The van der Waals surface area contributed by atoms with Crippen LogP contribution in [-0.2, 0) is 9.84 Å². The minimum Gasteiger partial charge on any atom is -0.361 e. The molecular formula is C20H20FNO2S. The number of aromatic amines is 1. The molecule has 0 amide bonds. The average molecular weight is 357 g/mol. The molecule has 0 unspecified atom stereocenters. The standard InChI is InChI=1S/C20H20FNO2S/c21-15-8-11-18-19(13-22-20(18)12-15)14-6-9-17(10-7-14)25(23,24)16-4-2-1-3-5-16/h1-5,8,11-14,17,22H,6-7,9-10H2. The number of nitrogens with one attached hydrogen (secondary N) is 1. The van der Waals surface area contributed by atoms with Crippen LogP contribution in [0.15, 0.2) is 59.6 Å². The number of halogens is 1. The van der Waals surface area contributed by atoms with Gasteiger partial charge in [0.05, 0.1) is 10.1 Å². The van der Waals surface area contributed by atoms with Crippen molar-refractivity contribution >= 4 is 20.7 Å². The van der Waals surface area contributed by atoms with Crippen LogP contribution >= 0.6 is 0 Å². The maximum Gasteiger partial charge on any atom is 0.181 e. The molecule has 1 saturated carbocycles. The van der Waals surface area contributed by atoms with Crippen molar-refractivity contribution in [1.29, 1.82) is 0 Å². The second-order valence-corrected chi connectivity index (χ2v) is 8.99. The van der Waals surface area contributed by atoms with Crippen molar-refractivity contribution in [3.05, 3.63) is 66.1 Å². The maximum absolute atomic E-state index is 13.3. The third-order valence-corrected chi connectivity index (χ3v) is 7.58. The molecule has 0 bridgehead atoms. The summed E-state index contributed by atoms with van der Waals surface area (Å²) < 4.78 is 38.9. The summed E-state index contributed by atoms with van der Waals surface area (Å²) in [6, 6.07) is 13.5. The molecule has 25 heavy (non-hydrogen) atoms. The van der Waals surface area contributed by atoms with E-state index in [2.05, 4.69) is 4.98 Å². The summed E-state index contributed by atoms with van der Waals surface area (Å²) in [4.78, 5) is 3.55. The first-order valence-corrected chi connectivity index (χ1v) is 10.2. The Balaban J connectivity index is 1.53. The van der Waals surface area contributed by atoms with Crippen molar-refractivity contribution in [3.63, 3.8) is 0 Å². The van der Waals surface area contributed by atoms with E-state index in [1.165, 1.54) is 17.7 Å². The fraction of sp³-hybridized carbons (Fsp3) is 0.300. The van der Waals surface area contributed by atoms with Gasteiger partial charge in [0, 0.05) is 17.1 Å². The summed E-state index contributed by atoms with van der Waals surface area (Å²) >= 11 is 0. The Labute approximate surface area is 146 Å². The Morgan fingerprint density at radius 1 is 0.960 bits per heavy atom. The molecule has 4 rings (SSSR count). The van der Waals surface area contributed by atoms with Crippen LogP contribution in [0.1, 0.15) is 37.2 Å². The molecular weight excluding hydrogens is 337 g/mol. The molecule has 1 heterocycles. The van der Waals surface area contributed by atoms with Gasteiger partial charge in [0.25, 0.3) is 0 Å². The van der Waals surface area contributed by atoms with E-state index < -0.39 is 9.84 Å². The minimum absolute atomic E-state index is 0.251. The highest BCUT2D eigenvalue weighted by Gasteiger charge is 2.33. The van der Waals surface area contributed by atoms with Crippen LogP contribution in [0.4, 0.5) is 4.39 Å². The van der Waals surface area contributed by atoms with E-state index in [9.17, 15) is 12.8 Å². The predicted octanol–water partition coefficient (Wildman–Crippen LogP) is 4.81. The number of H-pyrrole nitrogens is 1. The highest BCUT2D eigenvalue weighted by atomic mass is 32.2. The highest BCUT2D eigenvalue weighted by molar-refractivity contribution is 7.92. The van der Waals surface area contributed by atoms with Crippen LogP contribution in [-0.4, -0.2) is 18.7 Å². The van der Waals surface area contributed by atoms with Gasteiger partial charge in [-0.25, -0.2) is 12.8 Å². The van der Waals surface area contributed by atoms with Gasteiger partial charge in [0.1, 0.15) is 5.82 Å². The van der Waals surface area contributed by atoms with Crippen LogP contribution < -0.4 is 0 Å². The van der Waals surface area contributed by atoms with Crippen LogP contribution in [0.3, 0.4) is 0 Å². The molecule has 0 saturated heterocycles. The second kappa shape index (κ2) is 6.30. The molecule has 3 nitrogen and oxygen atoms in total. The van der Waals surface area contributed by atoms with Crippen molar-refractivity contribution in [3.8, 4) is 0 Å². The average Bonchev–Trinajstić information content (AvgIpc) is 3.05. The number of aromatic nitrogens is 1. The van der Waals surface area contributed by atoms with E-state index in [1.807, 2.05) is 18.3 Å². The SMILES string of the molecule is O=S(=O)(c1ccccc1)C1CCC(c2c[nH]c3cc(F)ccc23)CC1. The van der Waals surface area contributed by atoms with Gasteiger partial charge in [0.15, 0.2) is 9.84 Å². The monoisotopic (exact) mass is 357 g/mol. The molecule has 0 atom stereocenters. The Morgan fingerprint density at radius 2 is 1.68 bits per heavy atom. The maximum atomic E-state index is 13.3. The van der Waals surface area contributed by atoms with Gasteiger partial charge in [-0.2, -0.15) is 0 Å². The van der Waals surface area contributed by atoms with Crippen molar-refractivity contribution in [2.24, 2.45) is 0 Å². The van der Waals surface area contributed by atoms with Gasteiger partial charge in [0.2, 0.25) is 0 Å². The summed E-state index contributed by atoms with van der Waals surface area (Å²) in [6.07, 6.45) is 4.94. The molecule has 1 aliphatic rings. The summed E-state index contributed by atoms with van der Waals surface area (Å²) in [5, 5.41) is 0.726. The normalized spacial score (nSPS) is 21.5. The van der Waals surface area contributed by atoms with Crippen molar-refractivity contribution < 1.29 is 12.8 Å². The zero-order valence-electron chi connectivity index (χ0n) is 13.8. The van der Waals surface area contributed by atoms with Gasteiger partial charge in [-0.05, 0) is 67.5 Å². The third kappa shape index (κ3) is 2.97. The van der Waals surface area contributed by atoms with E-state index in [4.69, 9.17) is 0 Å². The van der Waals surface area contributed by atoms with Crippen LogP contribution in [0.5, 0.6) is 0 Å². The number of fused-ring (bicyclic) bond motifs is 1. The van der Waals surface area contributed by atoms with Crippen molar-refractivity contribution in [2.45, 2.75) is 41.7 Å². The topological polar surface area (TPSA) is 49.9 Å². The highest BCUT2D eigenvalue weighted by Crippen LogP contribution is 2.39. The molecule has 0 radical (unpaired) electrons. The number of hydrogen-bond acceptors (Lipinski definition) is 2. The Morgan fingerprint density at radius 3 is 2.40 bits per heavy atom. The molecule has 130 valence electrons. The summed E-state index contributed by atoms with van der Waals surface area (Å²) in [6.45, 7) is 0. The first-order chi connectivity index (χ1) is 12.1. The van der Waals surface area contributed by atoms with Crippen molar-refractivity contribution in [2.75, 3.05) is 0 Å². The molecule has 1 N–H and O–H groups in total. The Bertz CT molecular complexity index is 987. The first-order valence-electron chi connectivity index (χ1n) is 8.61. The Kier molecular flexibility index (Phi) is 4.12. The van der Waals surface area contributed by atoms with Gasteiger partial charge in [-0.15, -0.1) is 0 Å². The van der Waals surface area contributed by atoms with Gasteiger partial charge < -0.3 is 4.98 Å². The number of rotatable bonds is 3. The summed E-state index contributed by atoms with van der Waals surface area (Å²) in [5.74, 6) is 0.0694. The first kappa shape index (κ1) is 16.3. The molecule has 0 aliphatic heterocycles. The summed E-state index contributed by atoms with van der Waals surface area (Å²) in [7, 11) is -3.26. The van der Waals surface area contributed by atoms with Gasteiger partial charge >= 0.3 is 0 Å². The second-order valence-electron chi connectivity index (χ2n) is 6.77. The predicted molar refractivity (Wildman–Crippen MR) is 96.9 cm³/mol. The lowest BCUT2D eigenvalue weighted by Crippen LogP contribution is -2.26. The largest absolute Gasteiger partial charge is 0.361 e. The lowest BCUT2D eigenvalue weighted by molar-refractivity contribution is 0.437. The van der Waals surface area contributed by atoms with E-state index in [-0.39, 0.29) is 11.1 Å². The molecule has 1 aliphatic carbocycles. The lowest BCUT2D eigenvalue weighted by Gasteiger charge is -2.28. The zero-order chi connectivity index (χ0) is 17.4. The molecule has 1 aromatic heterocycles. The number of hydrogen-bond donors (Lipinski definition) is 1. The Hall–Kier alpha value is -2.14. The van der Waals surface area contributed by atoms with Crippen LogP contribution in [0.25, 0.3) is 10.9 Å². The van der Waals surface area contributed by atoms with E-state index in [0.717, 1.165) is 23.7 Å². The smallest absolute Gasteiger partial charge is 0.181 e. The zero-order valence-corrected chi connectivity index (χ0v) is 14.6. The lowest BCUT2D eigenvalue weighted by atomic mass is 9.84.